The zero-order valence-corrected chi connectivity index (χ0v) is 11.9. The van der Waals surface area contributed by atoms with E-state index in [0.29, 0.717) is 0 Å². The Hall–Kier alpha value is -0.520. The molecule has 0 saturated heterocycles. The van der Waals surface area contributed by atoms with Gasteiger partial charge in [0.2, 0.25) is 0 Å². The number of nitrogens with zero attached hydrogens (tertiary/aromatic N) is 1. The topological polar surface area (TPSA) is 49.9 Å². The monoisotopic (exact) mass is 269 g/mol. The normalized spacial score (nSPS) is 16.5. The number of H-pyrrole nitrogens is 1. The third-order valence-electron chi connectivity index (χ3n) is 3.24. The Bertz CT molecular complexity index is 337. The minimum absolute atomic E-state index is 0.749. The first-order valence-electron chi connectivity index (χ1n) is 6.72. The van der Waals surface area contributed by atoms with Crippen molar-refractivity contribution in [2.75, 3.05) is 20.3 Å². The van der Waals surface area contributed by atoms with Crippen molar-refractivity contribution in [3.05, 3.63) is 17.7 Å². The van der Waals surface area contributed by atoms with Gasteiger partial charge in [0, 0.05) is 37.3 Å². The third-order valence-corrected chi connectivity index (χ3v) is 4.62. The highest BCUT2D eigenvalue weighted by Crippen LogP contribution is 2.30. The van der Waals surface area contributed by atoms with Gasteiger partial charge in [-0.15, -0.1) is 0 Å². The van der Waals surface area contributed by atoms with E-state index in [1.54, 1.807) is 7.11 Å². The molecule has 1 aliphatic rings. The van der Waals surface area contributed by atoms with Crippen molar-refractivity contribution >= 4 is 11.8 Å². The molecule has 1 heterocycles. The Morgan fingerprint density at radius 1 is 1.50 bits per heavy atom. The van der Waals surface area contributed by atoms with Gasteiger partial charge in [-0.05, 0) is 12.8 Å². The maximum Gasteiger partial charge on any atom is 0.116 e. The van der Waals surface area contributed by atoms with Gasteiger partial charge in [0.25, 0.3) is 0 Å². The van der Waals surface area contributed by atoms with Crippen LogP contribution < -0.4 is 5.32 Å². The van der Waals surface area contributed by atoms with Crippen LogP contribution in [0.15, 0.2) is 6.20 Å². The second-order valence-electron chi connectivity index (χ2n) is 4.74. The Morgan fingerprint density at radius 2 is 2.33 bits per heavy atom. The second-order valence-corrected chi connectivity index (χ2v) is 6.03. The van der Waals surface area contributed by atoms with E-state index in [1.165, 1.54) is 25.7 Å². The molecule has 0 aromatic carbocycles. The molecule has 0 aliphatic heterocycles. The van der Waals surface area contributed by atoms with E-state index in [4.69, 9.17) is 4.74 Å². The van der Waals surface area contributed by atoms with Crippen molar-refractivity contribution < 1.29 is 4.74 Å². The van der Waals surface area contributed by atoms with E-state index < -0.39 is 0 Å². The number of imidazole rings is 1. The van der Waals surface area contributed by atoms with Gasteiger partial charge in [0.15, 0.2) is 0 Å². The van der Waals surface area contributed by atoms with Crippen LogP contribution in [0.4, 0.5) is 0 Å². The summed E-state index contributed by atoms with van der Waals surface area (Å²) in [5.41, 5.74) is 1.16. The highest BCUT2D eigenvalue weighted by atomic mass is 32.2. The van der Waals surface area contributed by atoms with Gasteiger partial charge >= 0.3 is 0 Å². The van der Waals surface area contributed by atoms with Crippen LogP contribution in [0, 0.1) is 0 Å². The molecule has 0 bridgehead atoms. The Labute approximate surface area is 113 Å². The zero-order chi connectivity index (χ0) is 12.6. The molecule has 2 rings (SSSR count). The van der Waals surface area contributed by atoms with E-state index >= 15 is 0 Å². The van der Waals surface area contributed by atoms with E-state index in [2.05, 4.69) is 15.3 Å². The lowest BCUT2D eigenvalue weighted by atomic mass is 10.4. The molecule has 0 amide bonds. The number of ether oxygens (including phenoxy) is 1. The van der Waals surface area contributed by atoms with E-state index in [0.717, 1.165) is 42.2 Å². The van der Waals surface area contributed by atoms with Crippen molar-refractivity contribution in [1.29, 1.82) is 0 Å². The Kier molecular flexibility index (Phi) is 6.04. The summed E-state index contributed by atoms with van der Waals surface area (Å²) in [5, 5.41) is 4.17. The SMILES string of the molecule is COCCNCc1cnc(CSC2CCCC2)[nH]1. The minimum Gasteiger partial charge on any atom is -0.383 e. The Balaban J connectivity index is 1.65. The average molecular weight is 269 g/mol. The molecule has 102 valence electrons. The summed E-state index contributed by atoms with van der Waals surface area (Å²) < 4.78 is 4.99. The lowest BCUT2D eigenvalue weighted by molar-refractivity contribution is 0.199. The fraction of sp³-hybridized carbons (Fsp3) is 0.769. The van der Waals surface area contributed by atoms with Gasteiger partial charge in [0.1, 0.15) is 5.82 Å². The van der Waals surface area contributed by atoms with Crippen LogP contribution in [0.3, 0.4) is 0 Å². The Morgan fingerprint density at radius 3 is 3.11 bits per heavy atom. The molecular formula is C13H23N3OS. The highest BCUT2D eigenvalue weighted by Gasteiger charge is 2.15. The average Bonchev–Trinajstić information content (AvgIpc) is 3.03. The predicted molar refractivity (Wildman–Crippen MR) is 75.7 cm³/mol. The molecule has 0 spiro atoms. The van der Waals surface area contributed by atoms with Gasteiger partial charge in [0.05, 0.1) is 12.4 Å². The summed E-state index contributed by atoms with van der Waals surface area (Å²) in [6.45, 7) is 2.46. The molecule has 1 aliphatic carbocycles. The van der Waals surface area contributed by atoms with Crippen molar-refractivity contribution in [2.45, 2.75) is 43.2 Å². The number of aromatic amines is 1. The van der Waals surface area contributed by atoms with Crippen molar-refractivity contribution in [2.24, 2.45) is 0 Å². The molecule has 5 heteroatoms. The lowest BCUT2D eigenvalue weighted by Crippen LogP contribution is -2.18. The number of hydrogen-bond donors (Lipinski definition) is 2. The van der Waals surface area contributed by atoms with Crippen LogP contribution in [0.1, 0.15) is 37.2 Å². The minimum atomic E-state index is 0.749. The number of rotatable bonds is 8. The summed E-state index contributed by atoms with van der Waals surface area (Å²) in [7, 11) is 1.72. The largest absolute Gasteiger partial charge is 0.383 e. The van der Waals surface area contributed by atoms with Gasteiger partial charge < -0.3 is 15.0 Å². The summed E-state index contributed by atoms with van der Waals surface area (Å²) >= 11 is 2.05. The van der Waals surface area contributed by atoms with Crippen LogP contribution in [0.5, 0.6) is 0 Å². The summed E-state index contributed by atoms with van der Waals surface area (Å²) in [5.74, 6) is 2.12. The second kappa shape index (κ2) is 7.81. The van der Waals surface area contributed by atoms with Gasteiger partial charge in [-0.2, -0.15) is 11.8 Å². The molecule has 2 N–H and O–H groups in total. The first-order valence-corrected chi connectivity index (χ1v) is 7.77. The quantitative estimate of drug-likeness (QED) is 0.711. The van der Waals surface area contributed by atoms with Crippen molar-refractivity contribution in [1.82, 2.24) is 15.3 Å². The molecule has 4 nitrogen and oxygen atoms in total. The molecule has 0 unspecified atom stereocenters. The van der Waals surface area contributed by atoms with Crippen molar-refractivity contribution in [3.63, 3.8) is 0 Å². The van der Waals surface area contributed by atoms with Crippen LogP contribution in [0.2, 0.25) is 0 Å². The summed E-state index contributed by atoms with van der Waals surface area (Å²) in [4.78, 5) is 7.81. The van der Waals surface area contributed by atoms with E-state index in [9.17, 15) is 0 Å². The maximum atomic E-state index is 4.99. The third kappa shape index (κ3) is 4.63. The van der Waals surface area contributed by atoms with Crippen LogP contribution in [0.25, 0.3) is 0 Å². The van der Waals surface area contributed by atoms with Crippen molar-refractivity contribution in [3.8, 4) is 0 Å². The van der Waals surface area contributed by atoms with Gasteiger partial charge in [-0.25, -0.2) is 4.98 Å². The van der Waals surface area contributed by atoms with Crippen LogP contribution in [-0.4, -0.2) is 35.5 Å². The molecule has 18 heavy (non-hydrogen) atoms. The van der Waals surface area contributed by atoms with Gasteiger partial charge in [-0.3, -0.25) is 0 Å². The smallest absolute Gasteiger partial charge is 0.116 e. The maximum absolute atomic E-state index is 4.99. The van der Waals surface area contributed by atoms with Crippen LogP contribution in [-0.2, 0) is 17.0 Å². The molecular weight excluding hydrogens is 246 g/mol. The molecule has 1 fully saturated rings. The lowest BCUT2D eigenvalue weighted by Gasteiger charge is -2.06. The van der Waals surface area contributed by atoms with E-state index in [-0.39, 0.29) is 0 Å². The number of hydrogen-bond acceptors (Lipinski definition) is 4. The summed E-state index contributed by atoms with van der Waals surface area (Å²) in [6.07, 6.45) is 7.52. The molecule has 1 aromatic rings. The predicted octanol–water partition coefficient (Wildman–Crippen LogP) is 2.32. The van der Waals surface area contributed by atoms with E-state index in [1.807, 2.05) is 18.0 Å². The molecule has 1 saturated carbocycles. The fourth-order valence-electron chi connectivity index (χ4n) is 2.22. The number of thioether (sulfide) groups is 1. The molecule has 0 radical (unpaired) electrons. The molecule has 1 aromatic heterocycles. The van der Waals surface area contributed by atoms with Gasteiger partial charge in [-0.1, -0.05) is 12.8 Å². The number of nitrogens with one attached hydrogen (secondary N) is 2. The molecule has 0 atom stereocenters. The summed E-state index contributed by atoms with van der Waals surface area (Å²) in [6, 6.07) is 0. The van der Waals surface area contributed by atoms with Crippen LogP contribution >= 0.6 is 11.8 Å². The standard InChI is InChI=1S/C13H23N3OS/c1-17-7-6-14-8-11-9-15-13(16-11)10-18-12-4-2-3-5-12/h9,12,14H,2-8,10H2,1H3,(H,15,16). The fourth-order valence-corrected chi connectivity index (χ4v) is 3.42. The zero-order valence-electron chi connectivity index (χ0n) is 11.1. The number of methoxy groups -OCH3 is 1. The first kappa shape index (κ1) is 13.9. The highest BCUT2D eigenvalue weighted by molar-refractivity contribution is 7.99. The number of aromatic nitrogens is 2. The first-order chi connectivity index (χ1) is 8.88.